The molecule has 6 unspecified atom stereocenters. The molecule has 166 valence electrons. The topological polar surface area (TPSA) is 38.7 Å². The zero-order chi connectivity index (χ0) is 21.6. The van der Waals surface area contributed by atoms with Crippen molar-refractivity contribution in [3.63, 3.8) is 0 Å². The summed E-state index contributed by atoms with van der Waals surface area (Å²) in [4.78, 5) is 0. The number of rotatable bonds is 5. The van der Waals surface area contributed by atoms with E-state index in [1.165, 1.54) is 23.1 Å². The van der Waals surface area contributed by atoms with E-state index in [1.807, 2.05) is 0 Å². The minimum atomic E-state index is -0.723. The summed E-state index contributed by atoms with van der Waals surface area (Å²) in [6.45, 7) is 5.07. The van der Waals surface area contributed by atoms with Crippen LogP contribution in [0.2, 0.25) is 0 Å². The first kappa shape index (κ1) is 21.0. The van der Waals surface area contributed by atoms with Crippen molar-refractivity contribution >= 4 is 0 Å². The van der Waals surface area contributed by atoms with Crippen LogP contribution in [0.15, 0.2) is 48.5 Å². The molecule has 0 radical (unpaired) electrons. The van der Waals surface area contributed by atoms with Gasteiger partial charge in [0.15, 0.2) is 0 Å². The normalized spacial score (nSPS) is 36.4. The van der Waals surface area contributed by atoms with E-state index in [0.717, 1.165) is 37.9 Å². The van der Waals surface area contributed by atoms with Gasteiger partial charge in [0.1, 0.15) is 5.75 Å². The largest absolute Gasteiger partial charge is 0.497 e. The summed E-state index contributed by atoms with van der Waals surface area (Å²) in [5.41, 5.74) is 3.29. The van der Waals surface area contributed by atoms with E-state index in [4.69, 9.17) is 9.47 Å². The van der Waals surface area contributed by atoms with Crippen LogP contribution in [-0.2, 0) is 17.8 Å². The summed E-state index contributed by atoms with van der Waals surface area (Å²) in [6.07, 6.45) is 6.69. The lowest BCUT2D eigenvalue weighted by atomic mass is 9.49. The van der Waals surface area contributed by atoms with Gasteiger partial charge in [0, 0.05) is 11.3 Å². The highest BCUT2D eigenvalue weighted by Gasteiger charge is 2.62. The highest BCUT2D eigenvalue weighted by molar-refractivity contribution is 5.42. The Balaban J connectivity index is 1.45. The number of benzene rings is 2. The monoisotopic (exact) mass is 420 g/mol. The average Bonchev–Trinajstić information content (AvgIpc) is 3.15. The van der Waals surface area contributed by atoms with Crippen LogP contribution in [-0.4, -0.2) is 23.9 Å². The van der Waals surface area contributed by atoms with E-state index in [9.17, 15) is 5.11 Å². The van der Waals surface area contributed by atoms with Crippen molar-refractivity contribution in [2.24, 2.45) is 17.3 Å². The number of methoxy groups -OCH3 is 1. The lowest BCUT2D eigenvalue weighted by molar-refractivity contribution is -0.154. The van der Waals surface area contributed by atoms with Crippen molar-refractivity contribution < 1.29 is 14.6 Å². The lowest BCUT2D eigenvalue weighted by Crippen LogP contribution is -2.56. The third-order valence-corrected chi connectivity index (χ3v) is 8.81. The van der Waals surface area contributed by atoms with Gasteiger partial charge in [-0.1, -0.05) is 43.3 Å². The second kappa shape index (κ2) is 7.94. The van der Waals surface area contributed by atoms with Gasteiger partial charge in [-0.3, -0.25) is 0 Å². The summed E-state index contributed by atoms with van der Waals surface area (Å²) in [5, 5.41) is 11.9. The fraction of sp³-hybridized carbons (Fsp3) is 0.571. The Hall–Kier alpha value is -1.84. The zero-order valence-corrected chi connectivity index (χ0v) is 19.1. The first-order valence-electron chi connectivity index (χ1n) is 12.0. The van der Waals surface area contributed by atoms with Crippen LogP contribution in [0.4, 0.5) is 0 Å². The SMILES string of the molecule is CCC12CC(C)(O)C3c4ccc(OC)cc4CCC3C1CCC2OCc1ccccc1. The van der Waals surface area contributed by atoms with Crippen LogP contribution < -0.4 is 4.74 Å². The maximum atomic E-state index is 11.9. The molecular weight excluding hydrogens is 384 g/mol. The number of aryl methyl sites for hydroxylation is 1. The molecule has 1 N–H and O–H groups in total. The highest BCUT2D eigenvalue weighted by Crippen LogP contribution is 2.65. The molecule has 2 aromatic carbocycles. The maximum Gasteiger partial charge on any atom is 0.119 e. The summed E-state index contributed by atoms with van der Waals surface area (Å²) in [7, 11) is 1.73. The number of ether oxygens (including phenoxy) is 2. The number of hydrogen-bond donors (Lipinski definition) is 1. The molecule has 6 atom stereocenters. The van der Waals surface area contributed by atoms with E-state index in [-0.39, 0.29) is 17.4 Å². The molecule has 31 heavy (non-hydrogen) atoms. The van der Waals surface area contributed by atoms with Gasteiger partial charge in [-0.15, -0.1) is 0 Å². The molecule has 3 aliphatic rings. The Morgan fingerprint density at radius 3 is 2.61 bits per heavy atom. The van der Waals surface area contributed by atoms with Crippen molar-refractivity contribution in [1.82, 2.24) is 0 Å². The van der Waals surface area contributed by atoms with Crippen molar-refractivity contribution in [2.45, 2.75) is 76.6 Å². The predicted octanol–water partition coefficient (Wildman–Crippen LogP) is 5.89. The van der Waals surface area contributed by atoms with Crippen LogP contribution in [0.5, 0.6) is 5.75 Å². The molecule has 0 amide bonds. The average molecular weight is 421 g/mol. The lowest BCUT2D eigenvalue weighted by Gasteiger charge is -2.58. The number of aliphatic hydroxyl groups is 1. The number of fused-ring (bicyclic) bond motifs is 5. The van der Waals surface area contributed by atoms with Crippen LogP contribution >= 0.6 is 0 Å². The van der Waals surface area contributed by atoms with E-state index in [2.05, 4.69) is 62.4 Å². The molecule has 2 fully saturated rings. The molecule has 3 aliphatic carbocycles. The molecule has 0 saturated heterocycles. The molecule has 2 aromatic rings. The van der Waals surface area contributed by atoms with Gasteiger partial charge in [-0.2, -0.15) is 0 Å². The summed E-state index contributed by atoms with van der Waals surface area (Å²) >= 11 is 0. The molecule has 0 bridgehead atoms. The Kier molecular flexibility index (Phi) is 5.38. The Labute approximate surface area is 186 Å². The summed E-state index contributed by atoms with van der Waals surface area (Å²) in [5.74, 6) is 2.28. The van der Waals surface area contributed by atoms with Gasteiger partial charge >= 0.3 is 0 Å². The number of hydrogen-bond acceptors (Lipinski definition) is 3. The molecule has 0 aliphatic heterocycles. The summed E-state index contributed by atoms with van der Waals surface area (Å²) < 4.78 is 12.1. The molecule has 5 rings (SSSR count). The highest BCUT2D eigenvalue weighted by atomic mass is 16.5. The Morgan fingerprint density at radius 2 is 1.87 bits per heavy atom. The van der Waals surface area contributed by atoms with Crippen LogP contribution in [0, 0.1) is 17.3 Å². The minimum Gasteiger partial charge on any atom is -0.497 e. The quantitative estimate of drug-likeness (QED) is 0.656. The van der Waals surface area contributed by atoms with Crippen molar-refractivity contribution in [3.8, 4) is 5.75 Å². The molecule has 0 aromatic heterocycles. The van der Waals surface area contributed by atoms with Crippen LogP contribution in [0.1, 0.15) is 68.6 Å². The fourth-order valence-corrected chi connectivity index (χ4v) is 7.62. The molecule has 3 heteroatoms. The molecular formula is C28H36O3. The zero-order valence-electron chi connectivity index (χ0n) is 19.1. The van der Waals surface area contributed by atoms with Gasteiger partial charge in [0.2, 0.25) is 0 Å². The van der Waals surface area contributed by atoms with E-state index in [0.29, 0.717) is 18.4 Å². The smallest absolute Gasteiger partial charge is 0.119 e. The molecule has 0 heterocycles. The van der Waals surface area contributed by atoms with Crippen molar-refractivity contribution in [3.05, 3.63) is 65.2 Å². The Bertz CT molecular complexity index is 921. The van der Waals surface area contributed by atoms with E-state index in [1.54, 1.807) is 7.11 Å². The maximum absolute atomic E-state index is 11.9. The second-order valence-electron chi connectivity index (χ2n) is 10.3. The second-order valence-corrected chi connectivity index (χ2v) is 10.3. The van der Waals surface area contributed by atoms with Gasteiger partial charge < -0.3 is 14.6 Å². The van der Waals surface area contributed by atoms with Crippen molar-refractivity contribution in [2.75, 3.05) is 7.11 Å². The van der Waals surface area contributed by atoms with Gasteiger partial charge in [-0.05, 0) is 86.1 Å². The van der Waals surface area contributed by atoms with Crippen molar-refractivity contribution in [1.29, 1.82) is 0 Å². The predicted molar refractivity (Wildman–Crippen MR) is 123 cm³/mol. The minimum absolute atomic E-state index is 0.0728. The first-order chi connectivity index (χ1) is 15.0. The van der Waals surface area contributed by atoms with Gasteiger partial charge in [0.25, 0.3) is 0 Å². The first-order valence-corrected chi connectivity index (χ1v) is 12.0. The van der Waals surface area contributed by atoms with Crippen LogP contribution in [0.3, 0.4) is 0 Å². The fourth-order valence-electron chi connectivity index (χ4n) is 7.62. The summed E-state index contributed by atoms with van der Waals surface area (Å²) in [6, 6.07) is 17.0. The molecule has 2 saturated carbocycles. The van der Waals surface area contributed by atoms with E-state index < -0.39 is 5.60 Å². The van der Waals surface area contributed by atoms with Crippen LogP contribution in [0.25, 0.3) is 0 Å². The third-order valence-electron chi connectivity index (χ3n) is 8.81. The Morgan fingerprint density at radius 1 is 1.06 bits per heavy atom. The van der Waals surface area contributed by atoms with Gasteiger partial charge in [-0.25, -0.2) is 0 Å². The standard InChI is InChI=1S/C28H36O3/c1-4-28-18-27(2,29)26-22-13-11-21(30-3)16-20(22)10-12-23(26)24(28)14-15-25(28)31-17-19-8-6-5-7-9-19/h5-9,11,13,16,23-26,29H,4,10,12,14-15,17-18H2,1-3H3. The molecule has 3 nitrogen and oxygen atoms in total. The van der Waals surface area contributed by atoms with Gasteiger partial charge in [0.05, 0.1) is 25.4 Å². The van der Waals surface area contributed by atoms with E-state index >= 15 is 0 Å². The molecule has 0 spiro atoms. The third kappa shape index (κ3) is 3.41.